The standard InChI is InChI=1S/C11H13FN2O3S/c12-9-3-8(5-13-6-9)11(15)4-10-7-18(16,17)2-1-14-10/h3,5-6,10,14H,1-2,4,7H2. The van der Waals surface area contributed by atoms with E-state index >= 15 is 0 Å². The van der Waals surface area contributed by atoms with Crippen LogP contribution in [0, 0.1) is 5.82 Å². The molecule has 2 heterocycles. The van der Waals surface area contributed by atoms with Gasteiger partial charge in [0.05, 0.1) is 17.7 Å². The largest absolute Gasteiger partial charge is 0.312 e. The molecule has 0 bridgehead atoms. The summed E-state index contributed by atoms with van der Waals surface area (Å²) in [6, 6.07) is 0.701. The summed E-state index contributed by atoms with van der Waals surface area (Å²) in [5, 5.41) is 2.98. The minimum atomic E-state index is -3.07. The third-order valence-electron chi connectivity index (χ3n) is 2.76. The van der Waals surface area contributed by atoms with Gasteiger partial charge in [0, 0.05) is 30.8 Å². The Morgan fingerprint density at radius 3 is 2.94 bits per heavy atom. The van der Waals surface area contributed by atoms with Crippen molar-refractivity contribution in [2.45, 2.75) is 12.5 Å². The Morgan fingerprint density at radius 2 is 2.28 bits per heavy atom. The molecule has 18 heavy (non-hydrogen) atoms. The molecule has 0 radical (unpaired) electrons. The van der Waals surface area contributed by atoms with Crippen molar-refractivity contribution in [3.63, 3.8) is 0 Å². The molecule has 0 amide bonds. The highest BCUT2D eigenvalue weighted by Crippen LogP contribution is 2.10. The van der Waals surface area contributed by atoms with Gasteiger partial charge in [-0.05, 0) is 6.07 Å². The number of pyridine rings is 1. The lowest BCUT2D eigenvalue weighted by Gasteiger charge is -2.22. The maximum absolute atomic E-state index is 12.9. The fourth-order valence-electron chi connectivity index (χ4n) is 1.90. The van der Waals surface area contributed by atoms with Gasteiger partial charge in [0.1, 0.15) is 5.82 Å². The minimum absolute atomic E-state index is 0.0321. The van der Waals surface area contributed by atoms with Crippen molar-refractivity contribution >= 4 is 15.6 Å². The minimum Gasteiger partial charge on any atom is -0.312 e. The number of sulfone groups is 1. The van der Waals surface area contributed by atoms with Crippen molar-refractivity contribution < 1.29 is 17.6 Å². The van der Waals surface area contributed by atoms with E-state index in [4.69, 9.17) is 0 Å². The SMILES string of the molecule is O=C(CC1CS(=O)(=O)CCN1)c1cncc(F)c1. The summed E-state index contributed by atoms with van der Waals surface area (Å²) in [5.41, 5.74) is 0.166. The molecule has 1 unspecified atom stereocenters. The second-order valence-electron chi connectivity index (χ2n) is 4.28. The van der Waals surface area contributed by atoms with E-state index in [-0.39, 0.29) is 29.3 Å². The summed E-state index contributed by atoms with van der Waals surface area (Å²) >= 11 is 0. The Morgan fingerprint density at radius 1 is 1.50 bits per heavy atom. The normalized spacial score (nSPS) is 22.6. The molecule has 1 aliphatic rings. The zero-order valence-electron chi connectivity index (χ0n) is 9.60. The molecule has 1 aromatic rings. The molecule has 98 valence electrons. The van der Waals surface area contributed by atoms with Gasteiger partial charge in [-0.1, -0.05) is 0 Å². The van der Waals surface area contributed by atoms with E-state index in [1.807, 2.05) is 0 Å². The topological polar surface area (TPSA) is 76.1 Å². The van der Waals surface area contributed by atoms with Crippen LogP contribution in [0.5, 0.6) is 0 Å². The first kappa shape index (κ1) is 13.1. The van der Waals surface area contributed by atoms with Gasteiger partial charge < -0.3 is 5.32 Å². The molecule has 0 spiro atoms. The summed E-state index contributed by atoms with van der Waals surface area (Å²) in [6.45, 7) is 0.349. The highest BCUT2D eigenvalue weighted by molar-refractivity contribution is 7.91. The molecule has 1 saturated heterocycles. The number of hydrogen-bond donors (Lipinski definition) is 1. The van der Waals surface area contributed by atoms with Crippen molar-refractivity contribution in [3.05, 3.63) is 29.8 Å². The van der Waals surface area contributed by atoms with Gasteiger partial charge in [0.25, 0.3) is 0 Å². The fourth-order valence-corrected chi connectivity index (χ4v) is 3.35. The smallest absolute Gasteiger partial charge is 0.166 e. The first-order valence-corrected chi connectivity index (χ1v) is 7.36. The van der Waals surface area contributed by atoms with Gasteiger partial charge in [-0.15, -0.1) is 0 Å². The van der Waals surface area contributed by atoms with E-state index in [9.17, 15) is 17.6 Å². The van der Waals surface area contributed by atoms with E-state index in [1.54, 1.807) is 0 Å². The predicted octanol–water partition coefficient (Wildman–Crippen LogP) is 0.180. The molecular weight excluding hydrogens is 259 g/mol. The van der Waals surface area contributed by atoms with Crippen molar-refractivity contribution in [2.75, 3.05) is 18.1 Å². The van der Waals surface area contributed by atoms with Gasteiger partial charge in [-0.2, -0.15) is 0 Å². The first-order valence-electron chi connectivity index (χ1n) is 5.54. The van der Waals surface area contributed by atoms with E-state index in [0.29, 0.717) is 6.54 Å². The van der Waals surface area contributed by atoms with Crippen molar-refractivity contribution in [1.29, 1.82) is 0 Å². The third-order valence-corrected chi connectivity index (χ3v) is 4.50. The molecule has 2 rings (SSSR count). The zero-order valence-corrected chi connectivity index (χ0v) is 10.4. The maximum Gasteiger partial charge on any atom is 0.166 e. The van der Waals surface area contributed by atoms with Crippen LogP contribution in [0.4, 0.5) is 4.39 Å². The van der Waals surface area contributed by atoms with Gasteiger partial charge in [-0.3, -0.25) is 9.78 Å². The van der Waals surface area contributed by atoms with Crippen LogP contribution in [-0.4, -0.2) is 43.3 Å². The number of rotatable bonds is 3. The molecule has 1 aromatic heterocycles. The van der Waals surface area contributed by atoms with Crippen LogP contribution in [0.2, 0.25) is 0 Å². The highest BCUT2D eigenvalue weighted by Gasteiger charge is 2.26. The maximum atomic E-state index is 12.9. The quantitative estimate of drug-likeness (QED) is 0.794. The molecule has 1 N–H and O–H groups in total. The Labute approximate surface area is 104 Å². The number of carbonyl (C=O) groups excluding carboxylic acids is 1. The lowest BCUT2D eigenvalue weighted by Crippen LogP contribution is -2.46. The van der Waals surface area contributed by atoms with Gasteiger partial charge in [0.2, 0.25) is 0 Å². The summed E-state index contributed by atoms with van der Waals surface area (Å²) in [7, 11) is -3.07. The number of aromatic nitrogens is 1. The van der Waals surface area contributed by atoms with E-state index in [1.165, 1.54) is 6.20 Å². The average Bonchev–Trinajstić information content (AvgIpc) is 2.27. The summed E-state index contributed by atoms with van der Waals surface area (Å²) < 4.78 is 35.7. The molecule has 0 aromatic carbocycles. The number of nitrogens with one attached hydrogen (secondary N) is 1. The molecule has 0 aliphatic carbocycles. The summed E-state index contributed by atoms with van der Waals surface area (Å²) in [4.78, 5) is 15.4. The third kappa shape index (κ3) is 3.33. The van der Waals surface area contributed by atoms with Crippen LogP contribution in [-0.2, 0) is 9.84 Å². The molecule has 1 fully saturated rings. The lowest BCUT2D eigenvalue weighted by molar-refractivity contribution is 0.0971. The first-order chi connectivity index (χ1) is 8.46. The molecule has 7 heteroatoms. The highest BCUT2D eigenvalue weighted by atomic mass is 32.2. The second-order valence-corrected chi connectivity index (χ2v) is 6.51. The van der Waals surface area contributed by atoms with Gasteiger partial charge >= 0.3 is 0 Å². The number of hydrogen-bond acceptors (Lipinski definition) is 5. The van der Waals surface area contributed by atoms with Crippen LogP contribution in [0.25, 0.3) is 0 Å². The molecule has 0 saturated carbocycles. The Bertz CT molecular complexity index is 559. The molecule has 1 atom stereocenters. The number of Topliss-reactive ketones (excluding diaryl/α,β-unsaturated/α-hetero) is 1. The monoisotopic (exact) mass is 272 g/mol. The number of carbonyl (C=O) groups is 1. The molecule has 1 aliphatic heterocycles. The average molecular weight is 272 g/mol. The van der Waals surface area contributed by atoms with Crippen LogP contribution in [0.15, 0.2) is 18.5 Å². The van der Waals surface area contributed by atoms with Crippen LogP contribution >= 0.6 is 0 Å². The summed E-state index contributed by atoms with van der Waals surface area (Å²) in [5.74, 6) is -0.845. The molecular formula is C11H13FN2O3S. The van der Waals surface area contributed by atoms with E-state index < -0.39 is 21.7 Å². The Kier molecular flexibility index (Phi) is 3.72. The fraction of sp³-hybridized carbons (Fsp3) is 0.455. The Balaban J connectivity index is 2.03. The van der Waals surface area contributed by atoms with Crippen molar-refractivity contribution in [2.24, 2.45) is 0 Å². The second kappa shape index (κ2) is 5.11. The van der Waals surface area contributed by atoms with Gasteiger partial charge in [0.15, 0.2) is 15.6 Å². The van der Waals surface area contributed by atoms with E-state index in [0.717, 1.165) is 12.3 Å². The lowest BCUT2D eigenvalue weighted by atomic mass is 10.1. The number of nitrogens with zero attached hydrogens (tertiary/aromatic N) is 1. The van der Waals surface area contributed by atoms with E-state index in [2.05, 4.69) is 10.3 Å². The Hall–Kier alpha value is -1.34. The van der Waals surface area contributed by atoms with Crippen molar-refractivity contribution in [3.8, 4) is 0 Å². The van der Waals surface area contributed by atoms with Crippen LogP contribution in [0.1, 0.15) is 16.8 Å². The van der Waals surface area contributed by atoms with Gasteiger partial charge in [-0.25, -0.2) is 12.8 Å². The summed E-state index contributed by atoms with van der Waals surface area (Å²) in [6.07, 6.45) is 2.33. The number of ketones is 1. The molecule has 5 nitrogen and oxygen atoms in total. The number of halogens is 1. The predicted molar refractivity (Wildman–Crippen MR) is 63.6 cm³/mol. The van der Waals surface area contributed by atoms with Crippen LogP contribution < -0.4 is 5.32 Å². The van der Waals surface area contributed by atoms with Crippen LogP contribution in [0.3, 0.4) is 0 Å². The van der Waals surface area contributed by atoms with Crippen molar-refractivity contribution in [1.82, 2.24) is 10.3 Å². The zero-order chi connectivity index (χ0) is 13.2.